The van der Waals surface area contributed by atoms with Gasteiger partial charge in [-0.25, -0.2) is 9.98 Å². The van der Waals surface area contributed by atoms with Gasteiger partial charge < -0.3 is 10.2 Å². The lowest BCUT2D eigenvalue weighted by molar-refractivity contribution is 0.252. The highest BCUT2D eigenvalue weighted by molar-refractivity contribution is 6.24. The molecular weight excluding hydrogens is 530 g/mol. The molecule has 1 aliphatic carbocycles. The maximum absolute atomic E-state index is 6.40. The second kappa shape index (κ2) is 18.8. The monoisotopic (exact) mass is 577 g/mol. The predicted molar refractivity (Wildman–Crippen MR) is 189 cm³/mol. The number of nitrogens with zero attached hydrogens (tertiary/aromatic N) is 3. The zero-order valence-electron chi connectivity index (χ0n) is 26.1. The first-order chi connectivity index (χ1) is 20.9. The standard InChI is InChI=1S/C37H47N5O/c1-8-15-21-34-31(13-6)32(14-7)35(43-34)33(19-10-3)36(42-41-26-22-29(11-4)18-9-2)40-28-39-27-30(12-5)20-16-23-37(38)24-17-25-37/h8-9,11-16,18-20,22,26-28,41H,2,4,6-7,10,17,21,23-25,38H2,1,3,5H3/b15-8-,20-16-,26-22+,29-18+,30-12+,33-19+,39-27?,40-28?,42-36-. The van der Waals surface area contributed by atoms with E-state index in [0.717, 1.165) is 53.7 Å². The summed E-state index contributed by atoms with van der Waals surface area (Å²) >= 11 is 0. The molecule has 1 heterocycles. The lowest BCUT2D eigenvalue weighted by Gasteiger charge is -2.37. The second-order valence-electron chi connectivity index (χ2n) is 10.0. The molecule has 0 atom stereocenters. The van der Waals surface area contributed by atoms with Crippen molar-refractivity contribution in [2.24, 2.45) is 20.8 Å². The summed E-state index contributed by atoms with van der Waals surface area (Å²) in [6.07, 6.45) is 33.5. The van der Waals surface area contributed by atoms with Gasteiger partial charge in [0.15, 0.2) is 5.84 Å². The van der Waals surface area contributed by atoms with Gasteiger partial charge in [-0.1, -0.05) is 100 Å². The van der Waals surface area contributed by atoms with Crippen LogP contribution >= 0.6 is 0 Å². The van der Waals surface area contributed by atoms with Crippen LogP contribution in [0, 0.1) is 0 Å². The Labute approximate surface area is 258 Å². The second-order valence-corrected chi connectivity index (χ2v) is 10.0. The number of amidine groups is 1. The van der Waals surface area contributed by atoms with Crippen molar-refractivity contribution < 1.29 is 4.42 Å². The minimum Gasteiger partial charge on any atom is -0.459 e. The first kappa shape index (κ1) is 34.7. The van der Waals surface area contributed by atoms with E-state index in [9.17, 15) is 0 Å². The molecule has 43 heavy (non-hydrogen) atoms. The SMILES string of the molecule is C=C/C=C(C=C)/C=C/N/N=C(N=CN=CC(/C=C\CC1(N)CCC1)=C/C)/C(=C/CC)c1oc(C/C=C\C)c(C=C)c1C=C. The van der Waals surface area contributed by atoms with Crippen molar-refractivity contribution in [2.75, 3.05) is 0 Å². The topological polar surface area (TPSA) is 88.3 Å². The molecular formula is C37H47N5O. The van der Waals surface area contributed by atoms with Crippen LogP contribution in [-0.4, -0.2) is 23.9 Å². The third-order valence-electron chi connectivity index (χ3n) is 6.96. The molecule has 0 aromatic carbocycles. The molecule has 0 amide bonds. The van der Waals surface area contributed by atoms with E-state index in [4.69, 9.17) is 10.2 Å². The number of allylic oxidation sites excluding steroid dienone is 11. The van der Waals surface area contributed by atoms with Crippen LogP contribution in [0.4, 0.5) is 0 Å². The lowest BCUT2D eigenvalue weighted by Crippen LogP contribution is -2.45. The minimum absolute atomic E-state index is 0.0506. The lowest BCUT2D eigenvalue weighted by atomic mass is 9.75. The van der Waals surface area contributed by atoms with Crippen molar-refractivity contribution in [2.45, 2.75) is 64.8 Å². The van der Waals surface area contributed by atoms with Crippen molar-refractivity contribution in [1.29, 1.82) is 0 Å². The number of hydrogen-bond donors (Lipinski definition) is 2. The Morgan fingerprint density at radius 3 is 2.40 bits per heavy atom. The summed E-state index contributed by atoms with van der Waals surface area (Å²) in [7, 11) is 0. The van der Waals surface area contributed by atoms with Gasteiger partial charge in [0.25, 0.3) is 0 Å². The number of rotatable bonds is 17. The van der Waals surface area contributed by atoms with E-state index < -0.39 is 0 Å². The summed E-state index contributed by atoms with van der Waals surface area (Å²) < 4.78 is 6.40. The van der Waals surface area contributed by atoms with Crippen LogP contribution in [0.5, 0.6) is 0 Å². The normalized spacial score (nSPS) is 16.6. The van der Waals surface area contributed by atoms with E-state index >= 15 is 0 Å². The molecule has 1 aliphatic rings. The summed E-state index contributed by atoms with van der Waals surface area (Å²) in [4.78, 5) is 9.10. The van der Waals surface area contributed by atoms with Gasteiger partial charge in [-0.05, 0) is 63.2 Å². The van der Waals surface area contributed by atoms with Crippen LogP contribution in [0.15, 0.2) is 124 Å². The summed E-state index contributed by atoms with van der Waals surface area (Å²) in [5.41, 5.74) is 13.6. The van der Waals surface area contributed by atoms with Crippen LogP contribution in [0.2, 0.25) is 0 Å². The summed E-state index contributed by atoms with van der Waals surface area (Å²) in [5, 5.41) is 4.59. The Balaban J connectivity index is 2.48. The molecule has 6 heteroatoms. The third kappa shape index (κ3) is 10.7. The largest absolute Gasteiger partial charge is 0.459 e. The fourth-order valence-electron chi connectivity index (χ4n) is 4.40. The number of furan rings is 1. The van der Waals surface area contributed by atoms with E-state index in [1.54, 1.807) is 36.7 Å². The van der Waals surface area contributed by atoms with Crippen LogP contribution < -0.4 is 11.2 Å². The van der Waals surface area contributed by atoms with Crippen molar-refractivity contribution >= 4 is 36.1 Å². The van der Waals surface area contributed by atoms with Gasteiger partial charge in [0, 0.05) is 35.5 Å². The number of hydrazone groups is 1. The number of nitrogens with one attached hydrogen (secondary N) is 1. The van der Waals surface area contributed by atoms with E-state index in [-0.39, 0.29) is 5.54 Å². The molecule has 0 unspecified atom stereocenters. The zero-order chi connectivity index (χ0) is 31.5. The molecule has 1 aromatic rings. The van der Waals surface area contributed by atoms with Gasteiger partial charge in [0.1, 0.15) is 17.9 Å². The molecule has 0 radical (unpaired) electrons. The molecule has 6 nitrogen and oxygen atoms in total. The molecule has 226 valence electrons. The van der Waals surface area contributed by atoms with Gasteiger partial charge in [0.05, 0.1) is 5.57 Å². The molecule has 3 N–H and O–H groups in total. The van der Waals surface area contributed by atoms with Gasteiger partial charge in [0.2, 0.25) is 0 Å². The van der Waals surface area contributed by atoms with E-state index in [2.05, 4.69) is 59.8 Å². The number of nitrogens with two attached hydrogens (primary N) is 1. The van der Waals surface area contributed by atoms with Crippen LogP contribution in [0.25, 0.3) is 17.7 Å². The smallest absolute Gasteiger partial charge is 0.184 e. The molecule has 1 fully saturated rings. The zero-order valence-corrected chi connectivity index (χ0v) is 26.1. The van der Waals surface area contributed by atoms with Gasteiger partial charge in [-0.2, -0.15) is 5.10 Å². The van der Waals surface area contributed by atoms with Crippen molar-refractivity contribution in [3.63, 3.8) is 0 Å². The van der Waals surface area contributed by atoms with E-state index in [1.165, 1.54) is 12.8 Å². The van der Waals surface area contributed by atoms with Crippen molar-refractivity contribution in [3.05, 3.63) is 127 Å². The summed E-state index contributed by atoms with van der Waals surface area (Å²) in [6.45, 7) is 21.6. The van der Waals surface area contributed by atoms with Gasteiger partial charge >= 0.3 is 0 Å². The van der Waals surface area contributed by atoms with E-state index in [1.807, 2.05) is 56.4 Å². The fourth-order valence-corrected chi connectivity index (χ4v) is 4.40. The molecule has 0 saturated heterocycles. The highest BCUT2D eigenvalue weighted by Gasteiger charge is 2.30. The third-order valence-corrected chi connectivity index (χ3v) is 6.96. The summed E-state index contributed by atoms with van der Waals surface area (Å²) in [6, 6.07) is 0. The van der Waals surface area contributed by atoms with Gasteiger partial charge in [-0.3, -0.25) is 5.43 Å². The van der Waals surface area contributed by atoms with Crippen molar-refractivity contribution in [1.82, 2.24) is 5.43 Å². The van der Waals surface area contributed by atoms with Crippen LogP contribution in [0.1, 0.15) is 75.5 Å². The Bertz CT molecular complexity index is 1400. The van der Waals surface area contributed by atoms with Crippen LogP contribution in [-0.2, 0) is 6.42 Å². The first-order valence-electron chi connectivity index (χ1n) is 14.7. The average Bonchev–Trinajstić information content (AvgIpc) is 3.36. The Morgan fingerprint density at radius 1 is 1.05 bits per heavy atom. The maximum atomic E-state index is 6.40. The molecule has 1 saturated carbocycles. The molecule has 1 aromatic heterocycles. The molecule has 0 aliphatic heterocycles. The highest BCUT2D eigenvalue weighted by atomic mass is 16.3. The number of hydrogen-bond acceptors (Lipinski definition) is 4. The Morgan fingerprint density at radius 2 is 1.81 bits per heavy atom. The van der Waals surface area contributed by atoms with Gasteiger partial charge in [-0.15, -0.1) is 0 Å². The van der Waals surface area contributed by atoms with Crippen molar-refractivity contribution in [3.8, 4) is 0 Å². The molecule has 0 bridgehead atoms. The molecule has 2 rings (SSSR count). The van der Waals surface area contributed by atoms with E-state index in [0.29, 0.717) is 23.6 Å². The summed E-state index contributed by atoms with van der Waals surface area (Å²) in [5.74, 6) is 1.82. The minimum atomic E-state index is -0.0506. The van der Waals surface area contributed by atoms with Crippen LogP contribution in [0.3, 0.4) is 0 Å². The maximum Gasteiger partial charge on any atom is 0.184 e. The quantitative estimate of drug-likeness (QED) is 0.0636. The average molecular weight is 578 g/mol. The highest BCUT2D eigenvalue weighted by Crippen LogP contribution is 2.33. The molecule has 0 spiro atoms. The predicted octanol–water partition coefficient (Wildman–Crippen LogP) is 9.07. The first-order valence-corrected chi connectivity index (χ1v) is 14.7. The Kier molecular flexibility index (Phi) is 15.1. The fraction of sp³-hybridized carbons (Fsp3) is 0.270. The Hall–Kier alpha value is -4.55. The number of aliphatic imine (C=N–C) groups is 2.